The number of nitrogens with one attached hydrogen (secondary N) is 3. The molecule has 20 heavy (non-hydrogen) atoms. The molecule has 0 saturated carbocycles. The minimum Gasteiger partial charge on any atom is -0.351 e. The van der Waals surface area contributed by atoms with Crippen LogP contribution >= 0.6 is 22.9 Å². The van der Waals surface area contributed by atoms with E-state index in [1.807, 2.05) is 0 Å². The lowest BCUT2D eigenvalue weighted by atomic mass is 10.1. The molecule has 9 heteroatoms. The molecule has 1 aromatic rings. The van der Waals surface area contributed by atoms with Crippen molar-refractivity contribution >= 4 is 38.9 Å². The first-order valence-electron chi connectivity index (χ1n) is 6.22. The molecule has 1 aromatic heterocycles. The van der Waals surface area contributed by atoms with Crippen LogP contribution in [0, 0.1) is 0 Å². The fourth-order valence-electron chi connectivity index (χ4n) is 1.93. The Bertz CT molecular complexity index is 567. The van der Waals surface area contributed by atoms with E-state index in [2.05, 4.69) is 15.4 Å². The van der Waals surface area contributed by atoms with Gasteiger partial charge >= 0.3 is 0 Å². The highest BCUT2D eigenvalue weighted by atomic mass is 35.5. The highest BCUT2D eigenvalue weighted by Gasteiger charge is 2.19. The smallest absolute Gasteiger partial charge is 0.250 e. The predicted octanol–water partition coefficient (Wildman–Crippen LogP) is 0.548. The number of amides is 1. The number of hydrogen-bond acceptors (Lipinski definition) is 5. The number of hydrogen-bond donors (Lipinski definition) is 3. The van der Waals surface area contributed by atoms with E-state index in [0.717, 1.165) is 37.3 Å². The first-order chi connectivity index (χ1) is 9.47. The molecule has 0 bridgehead atoms. The molecule has 1 fully saturated rings. The third-order valence-electron chi connectivity index (χ3n) is 2.90. The van der Waals surface area contributed by atoms with Crippen molar-refractivity contribution in [2.75, 3.05) is 19.6 Å². The Morgan fingerprint density at radius 3 is 2.90 bits per heavy atom. The van der Waals surface area contributed by atoms with Crippen LogP contribution in [-0.4, -0.2) is 40.0 Å². The molecule has 0 spiro atoms. The average Bonchev–Trinajstić information content (AvgIpc) is 2.85. The van der Waals surface area contributed by atoms with Crippen LogP contribution in [0.3, 0.4) is 0 Å². The SMILES string of the molecule is O=C(CNS(=O)(=O)c1ccc(Cl)s1)NC1CCCNC1. The molecule has 3 N–H and O–H groups in total. The van der Waals surface area contributed by atoms with Gasteiger partial charge < -0.3 is 10.6 Å². The number of halogens is 1. The summed E-state index contributed by atoms with van der Waals surface area (Å²) in [4.78, 5) is 11.7. The van der Waals surface area contributed by atoms with Crippen molar-refractivity contribution in [3.63, 3.8) is 0 Å². The maximum absolute atomic E-state index is 11.9. The quantitative estimate of drug-likeness (QED) is 0.732. The van der Waals surface area contributed by atoms with Gasteiger partial charge in [0.25, 0.3) is 10.0 Å². The summed E-state index contributed by atoms with van der Waals surface area (Å²) in [6.07, 6.45) is 1.91. The van der Waals surface area contributed by atoms with E-state index in [1.165, 1.54) is 12.1 Å². The highest BCUT2D eigenvalue weighted by molar-refractivity contribution is 7.91. The lowest BCUT2D eigenvalue weighted by Gasteiger charge is -2.23. The fraction of sp³-hybridized carbons (Fsp3) is 0.545. The monoisotopic (exact) mass is 337 g/mol. The van der Waals surface area contributed by atoms with E-state index >= 15 is 0 Å². The van der Waals surface area contributed by atoms with Gasteiger partial charge in [0.1, 0.15) is 4.21 Å². The molecule has 6 nitrogen and oxygen atoms in total. The van der Waals surface area contributed by atoms with Crippen LogP contribution < -0.4 is 15.4 Å². The van der Waals surface area contributed by atoms with Gasteiger partial charge in [-0.05, 0) is 31.5 Å². The van der Waals surface area contributed by atoms with E-state index in [1.54, 1.807) is 0 Å². The molecule has 1 amide bonds. The zero-order valence-corrected chi connectivity index (χ0v) is 13.1. The molecular formula is C11H16ClN3O3S2. The summed E-state index contributed by atoms with van der Waals surface area (Å²) in [5.41, 5.74) is 0. The van der Waals surface area contributed by atoms with Gasteiger partial charge in [0.15, 0.2) is 0 Å². The van der Waals surface area contributed by atoms with Crippen LogP contribution in [0.5, 0.6) is 0 Å². The maximum Gasteiger partial charge on any atom is 0.250 e. The number of carbonyl (C=O) groups excluding carboxylic acids is 1. The minimum atomic E-state index is -3.67. The summed E-state index contributed by atoms with van der Waals surface area (Å²) in [5.74, 6) is -0.329. The van der Waals surface area contributed by atoms with Crippen molar-refractivity contribution in [2.24, 2.45) is 0 Å². The molecule has 0 aromatic carbocycles. The van der Waals surface area contributed by atoms with Gasteiger partial charge in [0.2, 0.25) is 5.91 Å². The second-order valence-corrected chi connectivity index (χ2v) is 8.20. The van der Waals surface area contributed by atoms with Gasteiger partial charge in [-0.1, -0.05) is 11.6 Å². The van der Waals surface area contributed by atoms with Crippen LogP contribution in [0.2, 0.25) is 4.34 Å². The molecule has 1 saturated heterocycles. The van der Waals surface area contributed by atoms with Crippen LogP contribution in [0.1, 0.15) is 12.8 Å². The largest absolute Gasteiger partial charge is 0.351 e. The van der Waals surface area contributed by atoms with Crippen LogP contribution in [0.15, 0.2) is 16.3 Å². The molecular weight excluding hydrogens is 322 g/mol. The lowest BCUT2D eigenvalue weighted by Crippen LogP contribution is -2.48. The van der Waals surface area contributed by atoms with Crippen molar-refractivity contribution in [3.8, 4) is 0 Å². The third kappa shape index (κ3) is 4.42. The van der Waals surface area contributed by atoms with E-state index in [0.29, 0.717) is 4.34 Å². The lowest BCUT2D eigenvalue weighted by molar-refractivity contribution is -0.120. The number of sulfonamides is 1. The molecule has 2 rings (SSSR count). The van der Waals surface area contributed by atoms with Crippen LogP contribution in [-0.2, 0) is 14.8 Å². The second kappa shape index (κ2) is 6.86. The van der Waals surface area contributed by atoms with Crippen LogP contribution in [0.25, 0.3) is 0 Å². The van der Waals surface area contributed by atoms with E-state index < -0.39 is 10.0 Å². The van der Waals surface area contributed by atoms with Gasteiger partial charge in [-0.2, -0.15) is 0 Å². The Kier molecular flexibility index (Phi) is 5.39. The van der Waals surface area contributed by atoms with Crippen molar-refractivity contribution in [1.82, 2.24) is 15.4 Å². The Labute approximate surface area is 126 Å². The number of piperidine rings is 1. The van der Waals surface area contributed by atoms with Gasteiger partial charge in [0.05, 0.1) is 10.9 Å². The summed E-state index contributed by atoms with van der Waals surface area (Å²) in [5, 5.41) is 5.97. The number of rotatable bonds is 5. The molecule has 0 radical (unpaired) electrons. The summed E-state index contributed by atoms with van der Waals surface area (Å²) < 4.78 is 26.5. The zero-order chi connectivity index (χ0) is 14.6. The normalized spacial score (nSPS) is 19.8. The summed E-state index contributed by atoms with van der Waals surface area (Å²) in [7, 11) is -3.67. The maximum atomic E-state index is 11.9. The Morgan fingerprint density at radius 2 is 2.30 bits per heavy atom. The van der Waals surface area contributed by atoms with Crippen molar-refractivity contribution < 1.29 is 13.2 Å². The van der Waals surface area contributed by atoms with Crippen molar-refractivity contribution in [1.29, 1.82) is 0 Å². The summed E-state index contributed by atoms with van der Waals surface area (Å²) >= 11 is 6.65. The fourth-order valence-corrected chi connectivity index (χ4v) is 4.44. The van der Waals surface area contributed by atoms with Gasteiger partial charge in [0, 0.05) is 12.6 Å². The average molecular weight is 338 g/mol. The number of carbonyl (C=O) groups is 1. The Morgan fingerprint density at radius 1 is 1.50 bits per heavy atom. The first kappa shape index (κ1) is 15.7. The summed E-state index contributed by atoms with van der Waals surface area (Å²) in [6.45, 7) is 1.41. The van der Waals surface area contributed by atoms with Gasteiger partial charge in [-0.3, -0.25) is 4.79 Å². The Hall–Kier alpha value is -0.670. The van der Waals surface area contributed by atoms with Gasteiger partial charge in [-0.15, -0.1) is 11.3 Å². The van der Waals surface area contributed by atoms with Gasteiger partial charge in [-0.25, -0.2) is 13.1 Å². The van der Waals surface area contributed by atoms with Crippen LogP contribution in [0.4, 0.5) is 0 Å². The van der Waals surface area contributed by atoms with E-state index in [-0.39, 0.29) is 22.7 Å². The molecule has 1 aliphatic rings. The first-order valence-corrected chi connectivity index (χ1v) is 8.90. The van der Waals surface area contributed by atoms with E-state index in [4.69, 9.17) is 11.6 Å². The zero-order valence-electron chi connectivity index (χ0n) is 10.7. The molecule has 2 heterocycles. The van der Waals surface area contributed by atoms with Crippen molar-refractivity contribution in [3.05, 3.63) is 16.5 Å². The third-order valence-corrected chi connectivity index (χ3v) is 6.02. The molecule has 1 unspecified atom stereocenters. The van der Waals surface area contributed by atoms with Crippen molar-refractivity contribution in [2.45, 2.75) is 23.1 Å². The highest BCUT2D eigenvalue weighted by Crippen LogP contribution is 2.25. The molecule has 112 valence electrons. The van der Waals surface area contributed by atoms with E-state index in [9.17, 15) is 13.2 Å². The summed E-state index contributed by atoms with van der Waals surface area (Å²) in [6, 6.07) is 2.99. The molecule has 1 aliphatic heterocycles. The topological polar surface area (TPSA) is 87.3 Å². The minimum absolute atomic E-state index is 0.0666. The number of thiophene rings is 1. The Balaban J connectivity index is 1.83. The predicted molar refractivity (Wildman–Crippen MR) is 78.6 cm³/mol. The molecule has 1 atom stereocenters. The standard InChI is InChI=1S/C11H16ClN3O3S2/c12-9-3-4-11(19-9)20(17,18)14-7-10(16)15-8-2-1-5-13-6-8/h3-4,8,13-14H,1-2,5-7H2,(H,15,16). The second-order valence-electron chi connectivity index (χ2n) is 4.49. The molecule has 0 aliphatic carbocycles.